The van der Waals surface area contributed by atoms with Crippen molar-refractivity contribution in [2.45, 2.75) is 25.4 Å². The maximum Gasteiger partial charge on any atom is 0.234 e. The average molecular weight is 310 g/mol. The van der Waals surface area contributed by atoms with Crippen molar-refractivity contribution in [2.24, 2.45) is 0 Å². The van der Waals surface area contributed by atoms with Gasteiger partial charge in [-0.25, -0.2) is 0 Å². The van der Waals surface area contributed by atoms with Crippen molar-refractivity contribution in [3.63, 3.8) is 0 Å². The highest BCUT2D eigenvalue weighted by atomic mass is 32.2. The maximum absolute atomic E-state index is 11.9. The number of hydrogen-bond acceptors (Lipinski definition) is 5. The number of amides is 1. The number of carbonyl (C=O) groups excluding carboxylic acids is 1. The number of ether oxygens (including phenoxy) is 2. The number of benzene rings is 1. The summed E-state index contributed by atoms with van der Waals surface area (Å²) in [4.78, 5) is 11.9. The summed E-state index contributed by atoms with van der Waals surface area (Å²) in [5, 5.41) is 2.82. The van der Waals surface area contributed by atoms with Gasteiger partial charge in [-0.2, -0.15) is 0 Å². The van der Waals surface area contributed by atoms with Crippen LogP contribution >= 0.6 is 11.8 Å². The first-order chi connectivity index (χ1) is 10.2. The summed E-state index contributed by atoms with van der Waals surface area (Å²) in [6.07, 6.45) is 3.75. The number of rotatable bonds is 6. The fourth-order valence-electron chi connectivity index (χ4n) is 2.18. The molecule has 1 unspecified atom stereocenters. The van der Waals surface area contributed by atoms with E-state index in [2.05, 4.69) is 5.32 Å². The molecular weight excluding hydrogens is 288 g/mol. The Morgan fingerprint density at radius 1 is 1.52 bits per heavy atom. The van der Waals surface area contributed by atoms with Crippen LogP contribution in [0.3, 0.4) is 0 Å². The summed E-state index contributed by atoms with van der Waals surface area (Å²) in [7, 11) is 1.58. The van der Waals surface area contributed by atoms with Gasteiger partial charge >= 0.3 is 0 Å². The highest BCUT2D eigenvalue weighted by molar-refractivity contribution is 8.00. The molecule has 21 heavy (non-hydrogen) atoms. The molecule has 5 nitrogen and oxygen atoms in total. The number of nitrogens with two attached hydrogens (primary N) is 1. The van der Waals surface area contributed by atoms with Gasteiger partial charge in [-0.1, -0.05) is 0 Å². The van der Waals surface area contributed by atoms with Gasteiger partial charge in [0.1, 0.15) is 5.75 Å². The third kappa shape index (κ3) is 5.13. The molecule has 1 amide bonds. The van der Waals surface area contributed by atoms with Crippen molar-refractivity contribution < 1.29 is 14.3 Å². The lowest BCUT2D eigenvalue weighted by molar-refractivity contribution is -0.113. The third-order valence-corrected chi connectivity index (χ3v) is 4.42. The van der Waals surface area contributed by atoms with Crippen LogP contribution in [0.1, 0.15) is 19.3 Å². The van der Waals surface area contributed by atoms with E-state index in [0.29, 0.717) is 29.0 Å². The second kappa shape index (κ2) is 8.14. The van der Waals surface area contributed by atoms with Gasteiger partial charge in [0.25, 0.3) is 0 Å². The molecule has 1 atom stereocenters. The highest BCUT2D eigenvalue weighted by Gasteiger charge is 2.14. The lowest BCUT2D eigenvalue weighted by atomic mass is 10.1. The smallest absolute Gasteiger partial charge is 0.234 e. The molecule has 116 valence electrons. The number of hydrogen-bond donors (Lipinski definition) is 2. The SMILES string of the molecule is COc1ccc(N)c(NC(=O)CSCC2CCCCO2)c1. The lowest BCUT2D eigenvalue weighted by Gasteiger charge is -2.21. The Morgan fingerprint density at radius 3 is 3.10 bits per heavy atom. The molecule has 1 heterocycles. The van der Waals surface area contributed by atoms with Crippen LogP contribution in [0.2, 0.25) is 0 Å². The van der Waals surface area contributed by atoms with Crippen LogP contribution in [0.15, 0.2) is 18.2 Å². The van der Waals surface area contributed by atoms with E-state index in [0.717, 1.165) is 25.2 Å². The zero-order valence-corrected chi connectivity index (χ0v) is 13.1. The third-order valence-electron chi connectivity index (χ3n) is 3.35. The molecule has 1 aromatic carbocycles. The Hall–Kier alpha value is -1.40. The van der Waals surface area contributed by atoms with Gasteiger partial charge in [0.05, 0.1) is 30.3 Å². The van der Waals surface area contributed by atoms with E-state index in [1.807, 2.05) is 0 Å². The van der Waals surface area contributed by atoms with Gasteiger partial charge in [0.15, 0.2) is 0 Å². The zero-order chi connectivity index (χ0) is 15.1. The Kier molecular flexibility index (Phi) is 6.20. The lowest BCUT2D eigenvalue weighted by Crippen LogP contribution is -2.23. The van der Waals surface area contributed by atoms with Crippen LogP contribution in [0.5, 0.6) is 5.75 Å². The molecule has 0 bridgehead atoms. The van der Waals surface area contributed by atoms with Crippen molar-refractivity contribution in [3.05, 3.63) is 18.2 Å². The summed E-state index contributed by atoms with van der Waals surface area (Å²) >= 11 is 1.59. The van der Waals surface area contributed by atoms with Gasteiger partial charge < -0.3 is 20.5 Å². The second-order valence-corrected chi connectivity index (χ2v) is 6.04. The molecular formula is C15H22N2O3S. The number of anilines is 2. The minimum Gasteiger partial charge on any atom is -0.497 e. The molecule has 1 saturated heterocycles. The highest BCUT2D eigenvalue weighted by Crippen LogP contribution is 2.24. The second-order valence-electron chi connectivity index (χ2n) is 5.01. The van der Waals surface area contributed by atoms with Gasteiger partial charge in [-0.15, -0.1) is 11.8 Å². The van der Waals surface area contributed by atoms with Crippen molar-refractivity contribution in [1.82, 2.24) is 0 Å². The first-order valence-electron chi connectivity index (χ1n) is 7.11. The van der Waals surface area contributed by atoms with Crippen molar-refractivity contribution in [3.8, 4) is 5.75 Å². The molecule has 1 aromatic rings. The van der Waals surface area contributed by atoms with Gasteiger partial charge in [-0.3, -0.25) is 4.79 Å². The first-order valence-corrected chi connectivity index (χ1v) is 8.27. The van der Waals surface area contributed by atoms with E-state index in [-0.39, 0.29) is 5.91 Å². The number of carbonyl (C=O) groups is 1. The summed E-state index contributed by atoms with van der Waals surface area (Å²) in [6, 6.07) is 5.21. The summed E-state index contributed by atoms with van der Waals surface area (Å²) in [6.45, 7) is 0.845. The molecule has 1 fully saturated rings. The Labute approximate surface area is 129 Å². The van der Waals surface area contributed by atoms with Gasteiger partial charge in [0.2, 0.25) is 5.91 Å². The normalized spacial score (nSPS) is 18.2. The summed E-state index contributed by atoms with van der Waals surface area (Å²) in [5.41, 5.74) is 6.96. The van der Waals surface area contributed by atoms with E-state index in [1.165, 1.54) is 6.42 Å². The van der Waals surface area contributed by atoms with Crippen LogP contribution in [0.4, 0.5) is 11.4 Å². The fraction of sp³-hybridized carbons (Fsp3) is 0.533. The van der Waals surface area contributed by atoms with Crippen LogP contribution in [0.25, 0.3) is 0 Å². The molecule has 0 spiro atoms. The molecule has 0 aliphatic carbocycles. The fourth-order valence-corrected chi connectivity index (χ4v) is 3.08. The molecule has 3 N–H and O–H groups in total. The molecule has 1 aliphatic heterocycles. The molecule has 2 rings (SSSR count). The molecule has 0 saturated carbocycles. The van der Waals surface area contributed by atoms with Crippen LogP contribution in [-0.2, 0) is 9.53 Å². The molecule has 1 aliphatic rings. The predicted molar refractivity (Wildman–Crippen MR) is 87.0 cm³/mol. The monoisotopic (exact) mass is 310 g/mol. The van der Waals surface area contributed by atoms with E-state index in [1.54, 1.807) is 37.1 Å². The van der Waals surface area contributed by atoms with Crippen LogP contribution < -0.4 is 15.8 Å². The predicted octanol–water partition coefficient (Wildman–Crippen LogP) is 2.52. The van der Waals surface area contributed by atoms with Crippen LogP contribution in [0, 0.1) is 0 Å². The molecule has 6 heteroatoms. The molecule has 0 radical (unpaired) electrons. The number of methoxy groups -OCH3 is 1. The van der Waals surface area contributed by atoms with E-state index < -0.39 is 0 Å². The van der Waals surface area contributed by atoms with Crippen molar-refractivity contribution in [2.75, 3.05) is 36.3 Å². The summed E-state index contributed by atoms with van der Waals surface area (Å²) in [5.74, 6) is 1.87. The van der Waals surface area contributed by atoms with E-state index in [9.17, 15) is 4.79 Å². The van der Waals surface area contributed by atoms with Gasteiger partial charge in [0, 0.05) is 18.4 Å². The number of thioether (sulfide) groups is 1. The van der Waals surface area contributed by atoms with Crippen molar-refractivity contribution in [1.29, 1.82) is 0 Å². The number of nitrogen functional groups attached to an aromatic ring is 1. The Bertz CT molecular complexity index is 476. The Morgan fingerprint density at radius 2 is 2.38 bits per heavy atom. The van der Waals surface area contributed by atoms with Crippen molar-refractivity contribution >= 4 is 29.0 Å². The first kappa shape index (κ1) is 16.0. The number of nitrogens with one attached hydrogen (secondary N) is 1. The van der Waals surface area contributed by atoms with Gasteiger partial charge in [-0.05, 0) is 31.4 Å². The minimum absolute atomic E-state index is 0.0595. The zero-order valence-electron chi connectivity index (χ0n) is 12.3. The quantitative estimate of drug-likeness (QED) is 0.790. The largest absolute Gasteiger partial charge is 0.497 e. The van der Waals surface area contributed by atoms with Crippen LogP contribution in [-0.4, -0.2) is 37.2 Å². The summed E-state index contributed by atoms with van der Waals surface area (Å²) < 4.78 is 10.8. The van der Waals surface area contributed by atoms with E-state index in [4.69, 9.17) is 15.2 Å². The Balaban J connectivity index is 1.76. The topological polar surface area (TPSA) is 73.6 Å². The minimum atomic E-state index is -0.0595. The maximum atomic E-state index is 11.9. The van der Waals surface area contributed by atoms with E-state index >= 15 is 0 Å². The average Bonchev–Trinajstić information content (AvgIpc) is 2.50. The standard InChI is InChI=1S/C15H22N2O3S/c1-19-11-5-6-13(16)14(8-11)17-15(18)10-21-9-12-4-2-3-7-20-12/h5-6,8,12H,2-4,7,9-10,16H2,1H3,(H,17,18). The molecule has 0 aromatic heterocycles.